The highest BCUT2D eigenvalue weighted by Crippen LogP contribution is 2.43. The van der Waals surface area contributed by atoms with Crippen molar-refractivity contribution in [2.45, 2.75) is 32.3 Å². The lowest BCUT2D eigenvalue weighted by Crippen LogP contribution is -1.99. The Labute approximate surface area is 104 Å². The Balaban J connectivity index is 2.35. The van der Waals surface area contributed by atoms with E-state index in [4.69, 9.17) is 4.74 Å². The first kappa shape index (κ1) is 11.2. The number of rotatable bonds is 4. The van der Waals surface area contributed by atoms with Gasteiger partial charge in [0.1, 0.15) is 5.75 Å². The van der Waals surface area contributed by atoms with Crippen molar-refractivity contribution in [3.63, 3.8) is 0 Å². The largest absolute Gasteiger partial charge is 0.493 e. The van der Waals surface area contributed by atoms with Gasteiger partial charge in [0.2, 0.25) is 0 Å². The van der Waals surface area contributed by atoms with E-state index >= 15 is 0 Å². The SMILES string of the molecule is CCOc1cc(I)c(C2CC2)cc1CO. The maximum atomic E-state index is 9.28. The molecule has 1 aliphatic rings. The lowest BCUT2D eigenvalue weighted by atomic mass is 10.1. The summed E-state index contributed by atoms with van der Waals surface area (Å²) in [6, 6.07) is 4.15. The van der Waals surface area contributed by atoms with E-state index < -0.39 is 0 Å². The van der Waals surface area contributed by atoms with Crippen LogP contribution in [-0.2, 0) is 6.61 Å². The summed E-state index contributed by atoms with van der Waals surface area (Å²) in [7, 11) is 0. The molecule has 0 saturated heterocycles. The number of hydrogen-bond acceptors (Lipinski definition) is 2. The van der Waals surface area contributed by atoms with Gasteiger partial charge >= 0.3 is 0 Å². The van der Waals surface area contributed by atoms with Gasteiger partial charge in [-0.25, -0.2) is 0 Å². The van der Waals surface area contributed by atoms with Crippen molar-refractivity contribution in [1.82, 2.24) is 0 Å². The molecule has 0 aliphatic heterocycles. The monoisotopic (exact) mass is 318 g/mol. The zero-order valence-electron chi connectivity index (χ0n) is 8.79. The van der Waals surface area contributed by atoms with Crippen LogP contribution in [0.4, 0.5) is 0 Å². The second-order valence-electron chi connectivity index (χ2n) is 3.85. The zero-order chi connectivity index (χ0) is 10.8. The molecule has 1 saturated carbocycles. The fourth-order valence-electron chi connectivity index (χ4n) is 1.74. The fourth-order valence-corrected chi connectivity index (χ4v) is 2.62. The molecule has 3 heteroatoms. The third-order valence-corrected chi connectivity index (χ3v) is 3.60. The third kappa shape index (κ3) is 2.45. The second kappa shape index (κ2) is 4.70. The average molecular weight is 318 g/mol. The summed E-state index contributed by atoms with van der Waals surface area (Å²) < 4.78 is 6.76. The highest BCUT2D eigenvalue weighted by Gasteiger charge is 2.26. The van der Waals surface area contributed by atoms with Crippen molar-refractivity contribution < 1.29 is 9.84 Å². The Morgan fingerprint density at radius 2 is 2.20 bits per heavy atom. The minimum absolute atomic E-state index is 0.0615. The minimum Gasteiger partial charge on any atom is -0.493 e. The molecule has 1 fully saturated rings. The fraction of sp³-hybridized carbons (Fsp3) is 0.500. The molecule has 1 aliphatic carbocycles. The number of aliphatic hydroxyl groups excluding tert-OH is 1. The zero-order valence-corrected chi connectivity index (χ0v) is 11.0. The number of ether oxygens (including phenoxy) is 1. The van der Waals surface area contributed by atoms with Crippen LogP contribution in [0.5, 0.6) is 5.75 Å². The first-order chi connectivity index (χ1) is 7.26. The van der Waals surface area contributed by atoms with Gasteiger partial charge in [0.25, 0.3) is 0 Å². The van der Waals surface area contributed by atoms with Crippen molar-refractivity contribution in [3.8, 4) is 5.75 Å². The van der Waals surface area contributed by atoms with Crippen molar-refractivity contribution in [1.29, 1.82) is 0 Å². The molecule has 1 aromatic carbocycles. The summed E-state index contributed by atoms with van der Waals surface area (Å²) in [6.07, 6.45) is 2.57. The Hall–Kier alpha value is -0.290. The summed E-state index contributed by atoms with van der Waals surface area (Å²) in [5.41, 5.74) is 2.29. The maximum Gasteiger partial charge on any atom is 0.125 e. The maximum absolute atomic E-state index is 9.28. The van der Waals surface area contributed by atoms with Crippen molar-refractivity contribution >= 4 is 22.6 Å². The summed E-state index contributed by atoms with van der Waals surface area (Å²) in [5.74, 6) is 1.55. The molecule has 15 heavy (non-hydrogen) atoms. The van der Waals surface area contributed by atoms with Gasteiger partial charge in [0, 0.05) is 9.13 Å². The molecule has 0 aromatic heterocycles. The Kier molecular flexibility index (Phi) is 3.51. The minimum atomic E-state index is 0.0615. The van der Waals surface area contributed by atoms with Crippen LogP contribution in [0.15, 0.2) is 12.1 Å². The molecule has 0 radical (unpaired) electrons. The van der Waals surface area contributed by atoms with Crippen LogP contribution in [0.2, 0.25) is 0 Å². The molecule has 2 rings (SSSR count). The molecule has 0 unspecified atom stereocenters. The molecule has 82 valence electrons. The predicted molar refractivity (Wildman–Crippen MR) is 68.2 cm³/mol. The van der Waals surface area contributed by atoms with Gasteiger partial charge in [0.15, 0.2) is 0 Å². The van der Waals surface area contributed by atoms with Crippen LogP contribution in [0.1, 0.15) is 36.8 Å². The molecule has 2 nitrogen and oxygen atoms in total. The van der Waals surface area contributed by atoms with Crippen LogP contribution in [-0.4, -0.2) is 11.7 Å². The van der Waals surface area contributed by atoms with Crippen LogP contribution in [0, 0.1) is 3.57 Å². The summed E-state index contributed by atoms with van der Waals surface area (Å²) >= 11 is 2.35. The van der Waals surface area contributed by atoms with Crippen LogP contribution >= 0.6 is 22.6 Å². The van der Waals surface area contributed by atoms with Gasteiger partial charge in [-0.1, -0.05) is 0 Å². The summed E-state index contributed by atoms with van der Waals surface area (Å²) in [4.78, 5) is 0. The lowest BCUT2D eigenvalue weighted by molar-refractivity contribution is 0.267. The molecule has 0 bridgehead atoms. The van der Waals surface area contributed by atoms with Crippen LogP contribution in [0.3, 0.4) is 0 Å². The number of benzene rings is 1. The first-order valence-electron chi connectivity index (χ1n) is 5.32. The quantitative estimate of drug-likeness (QED) is 0.865. The van der Waals surface area contributed by atoms with E-state index in [2.05, 4.69) is 28.7 Å². The molecule has 0 amide bonds. The van der Waals surface area contributed by atoms with E-state index in [1.54, 1.807) is 0 Å². The molecule has 0 spiro atoms. The van der Waals surface area contributed by atoms with Gasteiger partial charge in [-0.2, -0.15) is 0 Å². The van der Waals surface area contributed by atoms with E-state index in [-0.39, 0.29) is 6.61 Å². The standard InChI is InChI=1S/C12H15IO2/c1-2-15-12-6-11(13)10(8-3-4-8)5-9(12)7-14/h5-6,8,14H,2-4,7H2,1H3. The highest BCUT2D eigenvalue weighted by molar-refractivity contribution is 14.1. The van der Waals surface area contributed by atoms with Gasteiger partial charge in [-0.05, 0) is 66.0 Å². The predicted octanol–water partition coefficient (Wildman–Crippen LogP) is 3.06. The second-order valence-corrected chi connectivity index (χ2v) is 5.01. The Morgan fingerprint density at radius 1 is 1.47 bits per heavy atom. The lowest BCUT2D eigenvalue weighted by Gasteiger charge is -2.12. The van der Waals surface area contributed by atoms with E-state index in [9.17, 15) is 5.11 Å². The first-order valence-corrected chi connectivity index (χ1v) is 6.40. The number of halogens is 1. The topological polar surface area (TPSA) is 29.5 Å². The van der Waals surface area contributed by atoms with Gasteiger partial charge in [-0.3, -0.25) is 0 Å². The van der Waals surface area contributed by atoms with Crippen LogP contribution < -0.4 is 4.74 Å². The van der Waals surface area contributed by atoms with Crippen molar-refractivity contribution in [2.75, 3.05) is 6.61 Å². The molecule has 1 aromatic rings. The Bertz CT molecular complexity index is 359. The molecular weight excluding hydrogens is 303 g/mol. The summed E-state index contributed by atoms with van der Waals surface area (Å²) in [5, 5.41) is 9.28. The average Bonchev–Trinajstić information content (AvgIpc) is 3.02. The van der Waals surface area contributed by atoms with Crippen molar-refractivity contribution in [3.05, 3.63) is 26.8 Å². The summed E-state index contributed by atoms with van der Waals surface area (Å²) in [6.45, 7) is 2.67. The van der Waals surface area contributed by atoms with E-state index in [1.165, 1.54) is 22.0 Å². The smallest absolute Gasteiger partial charge is 0.125 e. The van der Waals surface area contributed by atoms with Gasteiger partial charge in [0.05, 0.1) is 13.2 Å². The van der Waals surface area contributed by atoms with Crippen LogP contribution in [0.25, 0.3) is 0 Å². The normalized spacial score (nSPS) is 15.4. The third-order valence-electron chi connectivity index (χ3n) is 2.67. The molecule has 0 heterocycles. The number of hydrogen-bond donors (Lipinski definition) is 1. The molecule has 0 atom stereocenters. The van der Waals surface area contributed by atoms with Crippen molar-refractivity contribution in [2.24, 2.45) is 0 Å². The van der Waals surface area contributed by atoms with Gasteiger partial charge < -0.3 is 9.84 Å². The highest BCUT2D eigenvalue weighted by atomic mass is 127. The van der Waals surface area contributed by atoms with Gasteiger partial charge in [-0.15, -0.1) is 0 Å². The van der Waals surface area contributed by atoms with E-state index in [0.29, 0.717) is 6.61 Å². The number of aliphatic hydroxyl groups is 1. The van der Waals surface area contributed by atoms with E-state index in [1.807, 2.05) is 13.0 Å². The van der Waals surface area contributed by atoms with E-state index in [0.717, 1.165) is 17.2 Å². The Morgan fingerprint density at radius 3 is 2.73 bits per heavy atom. The molecular formula is C12H15IO2. The molecule has 1 N–H and O–H groups in total.